The maximum Gasteiger partial charge on any atom is 0.246 e. The Kier molecular flexibility index (Phi) is 4.96. The van der Waals surface area contributed by atoms with E-state index >= 15 is 0 Å². The first kappa shape index (κ1) is 16.0. The third-order valence-electron chi connectivity index (χ3n) is 3.80. The first-order valence-corrected chi connectivity index (χ1v) is 6.86. The second-order valence-corrected chi connectivity index (χ2v) is 6.09. The minimum Gasteiger partial charge on any atom is -0.385 e. The minimum atomic E-state index is -0.810. The molecule has 5 heteroatoms. The van der Waals surface area contributed by atoms with E-state index in [2.05, 4.69) is 5.32 Å². The molecule has 0 bridgehead atoms. The second-order valence-electron chi connectivity index (χ2n) is 6.09. The summed E-state index contributed by atoms with van der Waals surface area (Å²) in [5.41, 5.74) is -0.810. The summed E-state index contributed by atoms with van der Waals surface area (Å²) in [7, 11) is 1.64. The van der Waals surface area contributed by atoms with Crippen LogP contribution in [0.4, 0.5) is 0 Å². The lowest BCUT2D eigenvalue weighted by atomic mass is 9.89. The summed E-state index contributed by atoms with van der Waals surface area (Å²) >= 11 is 0. The van der Waals surface area contributed by atoms with Crippen LogP contribution in [0.5, 0.6) is 0 Å². The summed E-state index contributed by atoms with van der Waals surface area (Å²) in [5, 5.41) is 2.84. The largest absolute Gasteiger partial charge is 0.385 e. The van der Waals surface area contributed by atoms with E-state index in [1.165, 1.54) is 0 Å². The number of rotatable bonds is 5. The Morgan fingerprint density at radius 1 is 1.32 bits per heavy atom. The van der Waals surface area contributed by atoms with Crippen LogP contribution in [0.15, 0.2) is 0 Å². The van der Waals surface area contributed by atoms with Crippen molar-refractivity contribution < 1.29 is 14.3 Å². The van der Waals surface area contributed by atoms with Crippen molar-refractivity contribution >= 4 is 11.8 Å². The Morgan fingerprint density at radius 3 is 2.37 bits per heavy atom. The number of ether oxygens (including phenoxy) is 1. The summed E-state index contributed by atoms with van der Waals surface area (Å²) in [6.45, 7) is 10.0. The number of nitrogens with one attached hydrogen (secondary N) is 1. The van der Waals surface area contributed by atoms with Crippen molar-refractivity contribution in [1.29, 1.82) is 0 Å². The fourth-order valence-corrected chi connectivity index (χ4v) is 2.55. The summed E-state index contributed by atoms with van der Waals surface area (Å²) < 4.78 is 5.07. The Morgan fingerprint density at radius 2 is 1.89 bits per heavy atom. The zero-order chi connectivity index (χ0) is 14.8. The molecule has 1 rings (SSSR count). The van der Waals surface area contributed by atoms with E-state index in [1.807, 2.05) is 20.8 Å². The van der Waals surface area contributed by atoms with Crippen LogP contribution in [0.1, 0.15) is 41.0 Å². The van der Waals surface area contributed by atoms with Gasteiger partial charge in [-0.25, -0.2) is 0 Å². The molecule has 1 N–H and O–H groups in total. The number of hydrogen-bond acceptors (Lipinski definition) is 3. The maximum atomic E-state index is 12.6. The molecule has 0 aromatic rings. The Balaban J connectivity index is 3.00. The molecular weight excluding hydrogens is 244 g/mol. The van der Waals surface area contributed by atoms with E-state index in [-0.39, 0.29) is 23.8 Å². The van der Waals surface area contributed by atoms with Crippen LogP contribution in [-0.4, -0.2) is 48.1 Å². The van der Waals surface area contributed by atoms with Gasteiger partial charge in [0, 0.05) is 19.8 Å². The molecule has 0 aromatic carbocycles. The normalized spacial score (nSPS) is 24.6. The van der Waals surface area contributed by atoms with Crippen LogP contribution >= 0.6 is 0 Å². The van der Waals surface area contributed by atoms with E-state index in [0.29, 0.717) is 6.61 Å². The zero-order valence-corrected chi connectivity index (χ0v) is 12.8. The third kappa shape index (κ3) is 3.08. The first-order valence-electron chi connectivity index (χ1n) is 6.86. The topological polar surface area (TPSA) is 58.6 Å². The highest BCUT2D eigenvalue weighted by Crippen LogP contribution is 2.27. The van der Waals surface area contributed by atoms with Crippen LogP contribution in [0.3, 0.4) is 0 Å². The highest BCUT2D eigenvalue weighted by Gasteiger charge is 2.48. The van der Waals surface area contributed by atoms with Gasteiger partial charge in [-0.15, -0.1) is 0 Å². The SMILES string of the molecule is COCCC(C)N1C(=O)C(C(C)C)NC(=O)C1(C)C. The summed E-state index contributed by atoms with van der Waals surface area (Å²) in [6.07, 6.45) is 0.726. The molecule has 1 heterocycles. The predicted molar refractivity (Wildman–Crippen MR) is 73.6 cm³/mol. The standard InChI is InChI=1S/C14H26N2O3/c1-9(2)11-12(17)16(10(3)7-8-19-6)14(4,5)13(18)15-11/h9-11H,7-8H2,1-6H3,(H,15,18). The van der Waals surface area contributed by atoms with E-state index < -0.39 is 11.6 Å². The van der Waals surface area contributed by atoms with Gasteiger partial charge >= 0.3 is 0 Å². The van der Waals surface area contributed by atoms with Crippen molar-refractivity contribution in [3.63, 3.8) is 0 Å². The van der Waals surface area contributed by atoms with Gasteiger partial charge in [0.15, 0.2) is 0 Å². The van der Waals surface area contributed by atoms with Gasteiger partial charge in [-0.3, -0.25) is 9.59 Å². The quantitative estimate of drug-likeness (QED) is 0.816. The van der Waals surface area contributed by atoms with Crippen LogP contribution < -0.4 is 5.32 Å². The average Bonchev–Trinajstić information content (AvgIpc) is 2.30. The molecule has 1 saturated heterocycles. The third-order valence-corrected chi connectivity index (χ3v) is 3.80. The van der Waals surface area contributed by atoms with Gasteiger partial charge in [0.05, 0.1) is 0 Å². The number of nitrogens with zero attached hydrogens (tertiary/aromatic N) is 1. The molecule has 1 aliphatic rings. The van der Waals surface area contributed by atoms with Crippen molar-refractivity contribution in [3.05, 3.63) is 0 Å². The number of amides is 2. The predicted octanol–water partition coefficient (Wildman–Crippen LogP) is 1.17. The molecule has 2 atom stereocenters. The van der Waals surface area contributed by atoms with Gasteiger partial charge in [-0.2, -0.15) is 0 Å². The van der Waals surface area contributed by atoms with Gasteiger partial charge in [0.1, 0.15) is 11.6 Å². The molecule has 110 valence electrons. The maximum absolute atomic E-state index is 12.6. The van der Waals surface area contributed by atoms with Crippen LogP contribution in [0, 0.1) is 5.92 Å². The monoisotopic (exact) mass is 270 g/mol. The molecule has 1 fully saturated rings. The zero-order valence-electron chi connectivity index (χ0n) is 12.8. The number of methoxy groups -OCH3 is 1. The number of carbonyl (C=O) groups excluding carboxylic acids is 2. The van der Waals surface area contributed by atoms with Crippen LogP contribution in [0.2, 0.25) is 0 Å². The van der Waals surface area contributed by atoms with Gasteiger partial charge in [0.25, 0.3) is 0 Å². The fraction of sp³-hybridized carbons (Fsp3) is 0.857. The smallest absolute Gasteiger partial charge is 0.246 e. The highest BCUT2D eigenvalue weighted by atomic mass is 16.5. The second kappa shape index (κ2) is 5.90. The Bertz CT molecular complexity index is 353. The van der Waals surface area contributed by atoms with E-state index in [1.54, 1.807) is 25.9 Å². The average molecular weight is 270 g/mol. The molecule has 1 aliphatic heterocycles. The Hall–Kier alpha value is -1.10. The van der Waals surface area contributed by atoms with Crippen molar-refractivity contribution in [3.8, 4) is 0 Å². The van der Waals surface area contributed by atoms with Crippen molar-refractivity contribution in [1.82, 2.24) is 10.2 Å². The lowest BCUT2D eigenvalue weighted by Crippen LogP contribution is -2.71. The van der Waals surface area contributed by atoms with E-state index in [4.69, 9.17) is 4.74 Å². The molecule has 0 saturated carbocycles. The van der Waals surface area contributed by atoms with Gasteiger partial charge in [-0.1, -0.05) is 13.8 Å². The van der Waals surface area contributed by atoms with Crippen LogP contribution in [-0.2, 0) is 14.3 Å². The van der Waals surface area contributed by atoms with Crippen molar-refractivity contribution in [2.24, 2.45) is 5.92 Å². The fourth-order valence-electron chi connectivity index (χ4n) is 2.55. The highest BCUT2D eigenvalue weighted by molar-refractivity contribution is 5.99. The summed E-state index contributed by atoms with van der Waals surface area (Å²) in [6, 6.07) is -0.444. The van der Waals surface area contributed by atoms with Crippen molar-refractivity contribution in [2.75, 3.05) is 13.7 Å². The summed E-state index contributed by atoms with van der Waals surface area (Å²) in [5.74, 6) is 0.00273. The molecule has 19 heavy (non-hydrogen) atoms. The van der Waals surface area contributed by atoms with Gasteiger partial charge < -0.3 is 15.0 Å². The van der Waals surface area contributed by atoms with Gasteiger partial charge in [-0.05, 0) is 33.1 Å². The molecule has 2 unspecified atom stereocenters. The first-order chi connectivity index (χ1) is 8.73. The van der Waals surface area contributed by atoms with Crippen LogP contribution in [0.25, 0.3) is 0 Å². The Labute approximate surface area is 115 Å². The number of piperazine rings is 1. The molecule has 0 radical (unpaired) electrons. The lowest BCUT2D eigenvalue weighted by Gasteiger charge is -2.48. The van der Waals surface area contributed by atoms with E-state index in [9.17, 15) is 9.59 Å². The molecule has 5 nitrogen and oxygen atoms in total. The molecular formula is C14H26N2O3. The molecule has 0 aliphatic carbocycles. The molecule has 0 aromatic heterocycles. The van der Waals surface area contributed by atoms with Crippen molar-refractivity contribution in [2.45, 2.75) is 58.7 Å². The summed E-state index contributed by atoms with van der Waals surface area (Å²) in [4.78, 5) is 26.5. The van der Waals surface area contributed by atoms with Gasteiger partial charge in [0.2, 0.25) is 11.8 Å². The van der Waals surface area contributed by atoms with E-state index in [0.717, 1.165) is 6.42 Å². The number of carbonyl (C=O) groups is 2. The minimum absolute atomic E-state index is 0.00297. The number of hydrogen-bond donors (Lipinski definition) is 1. The lowest BCUT2D eigenvalue weighted by molar-refractivity contribution is -0.160. The molecule has 0 spiro atoms. The molecule has 2 amide bonds.